The molecule has 2 aromatic carbocycles. The first kappa shape index (κ1) is 12.9. The number of rotatable bonds is 4. The third kappa shape index (κ3) is 3.01. The highest BCUT2D eigenvalue weighted by Gasteiger charge is 2.11. The standard InChI is InChI=1S/C16H15NO2/c1-3-16(18)19-15-12-8-7-11-14(15)17(2)13-9-5-4-6-10-13/h3-12H,1H2,2H3. The fourth-order valence-electron chi connectivity index (χ4n) is 1.76. The van der Waals surface area contributed by atoms with Gasteiger partial charge >= 0.3 is 5.97 Å². The van der Waals surface area contributed by atoms with Gasteiger partial charge in [0.05, 0.1) is 5.69 Å². The summed E-state index contributed by atoms with van der Waals surface area (Å²) in [5.74, 6) is 0.0488. The Morgan fingerprint density at radius 3 is 2.42 bits per heavy atom. The molecule has 3 heteroatoms. The summed E-state index contributed by atoms with van der Waals surface area (Å²) in [5.41, 5.74) is 1.84. The van der Waals surface area contributed by atoms with Crippen molar-refractivity contribution in [3.8, 4) is 5.75 Å². The van der Waals surface area contributed by atoms with Gasteiger partial charge in [0.15, 0.2) is 5.75 Å². The molecule has 19 heavy (non-hydrogen) atoms. The third-order valence-electron chi connectivity index (χ3n) is 2.75. The number of carbonyl (C=O) groups is 1. The van der Waals surface area contributed by atoms with Gasteiger partial charge in [-0.1, -0.05) is 36.9 Å². The van der Waals surface area contributed by atoms with E-state index in [0.717, 1.165) is 17.5 Å². The van der Waals surface area contributed by atoms with E-state index in [2.05, 4.69) is 6.58 Å². The van der Waals surface area contributed by atoms with Gasteiger partial charge in [-0.05, 0) is 24.3 Å². The molecule has 0 aromatic heterocycles. The van der Waals surface area contributed by atoms with E-state index in [0.29, 0.717) is 5.75 Å². The van der Waals surface area contributed by atoms with Gasteiger partial charge in [-0.3, -0.25) is 0 Å². The molecule has 0 saturated carbocycles. The van der Waals surface area contributed by atoms with Crippen LogP contribution in [0.25, 0.3) is 0 Å². The maximum atomic E-state index is 11.3. The average Bonchev–Trinajstić information content (AvgIpc) is 2.48. The summed E-state index contributed by atoms with van der Waals surface area (Å²) in [6, 6.07) is 17.3. The molecule has 0 aliphatic rings. The predicted molar refractivity (Wildman–Crippen MR) is 76.8 cm³/mol. The average molecular weight is 253 g/mol. The van der Waals surface area contributed by atoms with Crippen molar-refractivity contribution in [1.29, 1.82) is 0 Å². The first-order chi connectivity index (χ1) is 9.22. The molecular formula is C16H15NO2. The Morgan fingerprint density at radius 2 is 1.74 bits per heavy atom. The minimum absolute atomic E-state index is 0.464. The largest absolute Gasteiger partial charge is 0.421 e. The van der Waals surface area contributed by atoms with E-state index in [9.17, 15) is 4.79 Å². The van der Waals surface area contributed by atoms with Crippen molar-refractivity contribution in [3.05, 3.63) is 67.3 Å². The van der Waals surface area contributed by atoms with Gasteiger partial charge in [-0.2, -0.15) is 0 Å². The number of ether oxygens (including phenoxy) is 1. The molecule has 2 rings (SSSR count). The normalized spacial score (nSPS) is 9.74. The predicted octanol–water partition coefficient (Wildman–Crippen LogP) is 3.55. The molecule has 0 bridgehead atoms. The zero-order chi connectivity index (χ0) is 13.7. The Bertz CT molecular complexity index is 578. The van der Waals surface area contributed by atoms with Gasteiger partial charge < -0.3 is 9.64 Å². The van der Waals surface area contributed by atoms with Crippen LogP contribution in [0.15, 0.2) is 67.3 Å². The second-order valence-electron chi connectivity index (χ2n) is 3.99. The van der Waals surface area contributed by atoms with E-state index < -0.39 is 5.97 Å². The van der Waals surface area contributed by atoms with Crippen molar-refractivity contribution in [1.82, 2.24) is 0 Å². The van der Waals surface area contributed by atoms with Gasteiger partial charge in [0.25, 0.3) is 0 Å². The molecule has 0 fully saturated rings. The van der Waals surface area contributed by atoms with Gasteiger partial charge in [-0.15, -0.1) is 0 Å². The quantitative estimate of drug-likeness (QED) is 0.474. The summed E-state index contributed by atoms with van der Waals surface area (Å²) in [4.78, 5) is 13.3. The lowest BCUT2D eigenvalue weighted by Gasteiger charge is -2.21. The molecule has 0 saturated heterocycles. The number of nitrogens with zero attached hydrogens (tertiary/aromatic N) is 1. The van der Waals surface area contributed by atoms with Crippen molar-refractivity contribution in [2.45, 2.75) is 0 Å². The van der Waals surface area contributed by atoms with Crippen LogP contribution in [0, 0.1) is 0 Å². The van der Waals surface area contributed by atoms with Crippen LogP contribution in [-0.2, 0) is 4.79 Å². The molecule has 0 spiro atoms. The maximum absolute atomic E-state index is 11.3. The highest BCUT2D eigenvalue weighted by atomic mass is 16.5. The lowest BCUT2D eigenvalue weighted by atomic mass is 10.2. The SMILES string of the molecule is C=CC(=O)Oc1ccccc1N(C)c1ccccc1. The Balaban J connectivity index is 2.34. The highest BCUT2D eigenvalue weighted by Crippen LogP contribution is 2.32. The zero-order valence-corrected chi connectivity index (χ0v) is 10.7. The Hall–Kier alpha value is -2.55. The molecular weight excluding hydrogens is 238 g/mol. The topological polar surface area (TPSA) is 29.5 Å². The van der Waals surface area contributed by atoms with Crippen molar-refractivity contribution < 1.29 is 9.53 Å². The lowest BCUT2D eigenvalue weighted by molar-refractivity contribution is -0.128. The van der Waals surface area contributed by atoms with E-state index in [1.807, 2.05) is 60.5 Å². The monoisotopic (exact) mass is 253 g/mol. The summed E-state index contributed by atoms with van der Waals surface area (Å²) < 4.78 is 5.24. The maximum Gasteiger partial charge on any atom is 0.335 e. The fourth-order valence-corrected chi connectivity index (χ4v) is 1.76. The number of para-hydroxylation sites is 3. The summed E-state index contributed by atoms with van der Waals surface area (Å²) >= 11 is 0. The van der Waals surface area contributed by atoms with E-state index in [4.69, 9.17) is 4.74 Å². The van der Waals surface area contributed by atoms with Crippen LogP contribution in [0.5, 0.6) is 5.75 Å². The van der Waals surface area contributed by atoms with E-state index in [1.165, 1.54) is 0 Å². The number of carbonyl (C=O) groups excluding carboxylic acids is 1. The second-order valence-corrected chi connectivity index (χ2v) is 3.99. The number of hydrogen-bond donors (Lipinski definition) is 0. The van der Waals surface area contributed by atoms with Gasteiger partial charge in [0.1, 0.15) is 0 Å². The van der Waals surface area contributed by atoms with Crippen LogP contribution in [-0.4, -0.2) is 13.0 Å². The summed E-state index contributed by atoms with van der Waals surface area (Å²) in [6.07, 6.45) is 1.15. The van der Waals surface area contributed by atoms with Crippen LogP contribution < -0.4 is 9.64 Å². The molecule has 0 heterocycles. The molecule has 0 amide bonds. The van der Waals surface area contributed by atoms with Crippen molar-refractivity contribution in [2.75, 3.05) is 11.9 Å². The molecule has 2 aromatic rings. The van der Waals surface area contributed by atoms with Crippen molar-refractivity contribution in [3.63, 3.8) is 0 Å². The molecule has 3 nitrogen and oxygen atoms in total. The van der Waals surface area contributed by atoms with Gasteiger partial charge in [-0.25, -0.2) is 4.79 Å². The molecule has 0 atom stereocenters. The fraction of sp³-hybridized carbons (Fsp3) is 0.0625. The van der Waals surface area contributed by atoms with Crippen LogP contribution in [0.3, 0.4) is 0 Å². The molecule has 0 N–H and O–H groups in total. The highest BCUT2D eigenvalue weighted by molar-refractivity contribution is 5.85. The van der Waals surface area contributed by atoms with Crippen LogP contribution in [0.4, 0.5) is 11.4 Å². The Kier molecular flexibility index (Phi) is 3.98. The minimum atomic E-state index is -0.464. The molecule has 0 aliphatic heterocycles. The van der Waals surface area contributed by atoms with Crippen molar-refractivity contribution in [2.24, 2.45) is 0 Å². The lowest BCUT2D eigenvalue weighted by Crippen LogP contribution is -2.12. The molecule has 0 radical (unpaired) electrons. The van der Waals surface area contributed by atoms with Crippen LogP contribution >= 0.6 is 0 Å². The third-order valence-corrected chi connectivity index (χ3v) is 2.75. The zero-order valence-electron chi connectivity index (χ0n) is 10.7. The van der Waals surface area contributed by atoms with E-state index in [-0.39, 0.29) is 0 Å². The van der Waals surface area contributed by atoms with E-state index >= 15 is 0 Å². The number of anilines is 2. The number of esters is 1. The molecule has 0 unspecified atom stereocenters. The van der Waals surface area contributed by atoms with E-state index in [1.54, 1.807) is 6.07 Å². The summed E-state index contributed by atoms with van der Waals surface area (Å²) in [6.45, 7) is 3.40. The first-order valence-corrected chi connectivity index (χ1v) is 5.94. The second kappa shape index (κ2) is 5.87. The Morgan fingerprint density at radius 1 is 1.11 bits per heavy atom. The van der Waals surface area contributed by atoms with Crippen LogP contribution in [0.1, 0.15) is 0 Å². The number of benzene rings is 2. The number of hydrogen-bond acceptors (Lipinski definition) is 3. The summed E-state index contributed by atoms with van der Waals surface area (Å²) in [7, 11) is 1.93. The first-order valence-electron chi connectivity index (χ1n) is 5.94. The van der Waals surface area contributed by atoms with Crippen LogP contribution in [0.2, 0.25) is 0 Å². The minimum Gasteiger partial charge on any atom is -0.421 e. The molecule has 0 aliphatic carbocycles. The smallest absolute Gasteiger partial charge is 0.335 e. The molecule has 96 valence electrons. The van der Waals surface area contributed by atoms with Crippen molar-refractivity contribution >= 4 is 17.3 Å². The Labute approximate surface area is 112 Å². The van der Waals surface area contributed by atoms with Gasteiger partial charge in [0.2, 0.25) is 0 Å². The summed E-state index contributed by atoms with van der Waals surface area (Å²) in [5, 5.41) is 0. The van der Waals surface area contributed by atoms with Gasteiger partial charge in [0, 0.05) is 18.8 Å².